The Morgan fingerprint density at radius 1 is 1.46 bits per heavy atom. The summed E-state index contributed by atoms with van der Waals surface area (Å²) in [5.41, 5.74) is 6.15. The SMILES string of the molecule is CCCCC(N)C1CCOC1CC. The molecule has 78 valence electrons. The van der Waals surface area contributed by atoms with E-state index in [2.05, 4.69) is 13.8 Å². The van der Waals surface area contributed by atoms with E-state index >= 15 is 0 Å². The van der Waals surface area contributed by atoms with Crippen molar-refractivity contribution in [2.45, 2.75) is 58.1 Å². The van der Waals surface area contributed by atoms with Gasteiger partial charge in [-0.3, -0.25) is 0 Å². The fourth-order valence-corrected chi connectivity index (χ4v) is 2.23. The van der Waals surface area contributed by atoms with Crippen molar-refractivity contribution in [2.75, 3.05) is 6.61 Å². The smallest absolute Gasteiger partial charge is 0.0616 e. The highest BCUT2D eigenvalue weighted by atomic mass is 16.5. The third-order valence-corrected chi connectivity index (χ3v) is 3.10. The molecule has 0 bridgehead atoms. The molecule has 2 nitrogen and oxygen atoms in total. The third kappa shape index (κ3) is 2.96. The van der Waals surface area contributed by atoms with Crippen LogP contribution in [0.1, 0.15) is 46.0 Å². The van der Waals surface area contributed by atoms with Crippen LogP contribution in [-0.2, 0) is 4.74 Å². The van der Waals surface area contributed by atoms with Gasteiger partial charge in [0, 0.05) is 18.6 Å². The molecule has 1 heterocycles. The minimum atomic E-state index is 0.368. The van der Waals surface area contributed by atoms with E-state index < -0.39 is 0 Å². The van der Waals surface area contributed by atoms with Crippen LogP contribution in [0.2, 0.25) is 0 Å². The molecule has 0 radical (unpaired) electrons. The number of hydrogen-bond acceptors (Lipinski definition) is 2. The first-order chi connectivity index (χ1) is 6.29. The highest BCUT2D eigenvalue weighted by Gasteiger charge is 2.30. The number of ether oxygens (including phenoxy) is 1. The maximum absolute atomic E-state index is 6.15. The fraction of sp³-hybridized carbons (Fsp3) is 1.00. The zero-order chi connectivity index (χ0) is 9.68. The van der Waals surface area contributed by atoms with Gasteiger partial charge in [0.1, 0.15) is 0 Å². The molecule has 2 N–H and O–H groups in total. The molecule has 3 atom stereocenters. The molecule has 0 aromatic heterocycles. The molecular formula is C11H23NO. The lowest BCUT2D eigenvalue weighted by molar-refractivity contribution is 0.0804. The summed E-state index contributed by atoms with van der Waals surface area (Å²) in [4.78, 5) is 0. The molecular weight excluding hydrogens is 162 g/mol. The maximum atomic E-state index is 6.15. The van der Waals surface area contributed by atoms with Crippen LogP contribution in [-0.4, -0.2) is 18.8 Å². The molecule has 0 amide bonds. The normalized spacial score (nSPS) is 30.7. The van der Waals surface area contributed by atoms with Crippen LogP contribution in [0, 0.1) is 5.92 Å². The summed E-state index contributed by atoms with van der Waals surface area (Å²) in [6.45, 7) is 5.33. The Bertz CT molecular complexity index is 138. The van der Waals surface area contributed by atoms with Gasteiger partial charge in [-0.15, -0.1) is 0 Å². The third-order valence-electron chi connectivity index (χ3n) is 3.10. The lowest BCUT2D eigenvalue weighted by Gasteiger charge is -2.23. The summed E-state index contributed by atoms with van der Waals surface area (Å²) in [5, 5.41) is 0. The molecule has 0 aliphatic carbocycles. The molecule has 1 aliphatic rings. The van der Waals surface area contributed by atoms with Crippen molar-refractivity contribution in [2.24, 2.45) is 11.7 Å². The predicted octanol–water partition coefficient (Wildman–Crippen LogP) is 2.32. The average molecular weight is 185 g/mol. The van der Waals surface area contributed by atoms with Crippen molar-refractivity contribution in [1.82, 2.24) is 0 Å². The molecule has 1 aliphatic heterocycles. The maximum Gasteiger partial charge on any atom is 0.0616 e. The summed E-state index contributed by atoms with van der Waals surface area (Å²) in [6.07, 6.45) is 6.40. The van der Waals surface area contributed by atoms with Crippen molar-refractivity contribution in [3.63, 3.8) is 0 Å². The summed E-state index contributed by atoms with van der Waals surface area (Å²) < 4.78 is 5.64. The van der Waals surface area contributed by atoms with Crippen LogP contribution < -0.4 is 5.73 Å². The molecule has 0 aromatic carbocycles. The quantitative estimate of drug-likeness (QED) is 0.713. The van der Waals surface area contributed by atoms with E-state index in [1.165, 1.54) is 25.7 Å². The van der Waals surface area contributed by atoms with Crippen molar-refractivity contribution >= 4 is 0 Å². The number of rotatable bonds is 5. The monoisotopic (exact) mass is 185 g/mol. The van der Waals surface area contributed by atoms with Gasteiger partial charge in [-0.2, -0.15) is 0 Å². The topological polar surface area (TPSA) is 35.2 Å². The Kier molecular flexibility index (Phi) is 4.74. The van der Waals surface area contributed by atoms with Crippen molar-refractivity contribution in [1.29, 1.82) is 0 Å². The molecule has 3 unspecified atom stereocenters. The van der Waals surface area contributed by atoms with Gasteiger partial charge in [0.15, 0.2) is 0 Å². The van der Waals surface area contributed by atoms with Gasteiger partial charge in [0.05, 0.1) is 6.10 Å². The van der Waals surface area contributed by atoms with Gasteiger partial charge in [-0.05, 0) is 19.3 Å². The molecule has 0 aromatic rings. The van der Waals surface area contributed by atoms with Crippen molar-refractivity contribution in [3.8, 4) is 0 Å². The van der Waals surface area contributed by atoms with E-state index in [1.54, 1.807) is 0 Å². The highest BCUT2D eigenvalue weighted by Crippen LogP contribution is 2.27. The minimum Gasteiger partial charge on any atom is -0.378 e. The zero-order valence-corrected chi connectivity index (χ0v) is 8.96. The Morgan fingerprint density at radius 2 is 2.23 bits per heavy atom. The standard InChI is InChI=1S/C11H23NO/c1-3-5-6-10(12)9-7-8-13-11(9)4-2/h9-11H,3-8,12H2,1-2H3. The van der Waals surface area contributed by atoms with Gasteiger partial charge in [-0.25, -0.2) is 0 Å². The van der Waals surface area contributed by atoms with E-state index in [4.69, 9.17) is 10.5 Å². The van der Waals surface area contributed by atoms with Crippen LogP contribution in [0.15, 0.2) is 0 Å². The van der Waals surface area contributed by atoms with E-state index in [9.17, 15) is 0 Å². The van der Waals surface area contributed by atoms with Gasteiger partial charge >= 0.3 is 0 Å². The summed E-state index contributed by atoms with van der Waals surface area (Å²) in [6, 6.07) is 0.368. The van der Waals surface area contributed by atoms with Crippen LogP contribution in [0.25, 0.3) is 0 Å². The number of unbranched alkanes of at least 4 members (excludes halogenated alkanes) is 1. The number of nitrogens with two attached hydrogens (primary N) is 1. The average Bonchev–Trinajstić information content (AvgIpc) is 2.61. The van der Waals surface area contributed by atoms with Gasteiger partial charge in [0.25, 0.3) is 0 Å². The first-order valence-electron chi connectivity index (χ1n) is 5.66. The molecule has 13 heavy (non-hydrogen) atoms. The second-order valence-electron chi connectivity index (χ2n) is 4.08. The first-order valence-corrected chi connectivity index (χ1v) is 5.66. The Hall–Kier alpha value is -0.0800. The van der Waals surface area contributed by atoms with E-state index in [0.717, 1.165) is 13.0 Å². The van der Waals surface area contributed by atoms with Crippen LogP contribution in [0.3, 0.4) is 0 Å². The van der Waals surface area contributed by atoms with Crippen molar-refractivity contribution < 1.29 is 4.74 Å². The number of hydrogen-bond donors (Lipinski definition) is 1. The van der Waals surface area contributed by atoms with Crippen molar-refractivity contribution in [3.05, 3.63) is 0 Å². The van der Waals surface area contributed by atoms with Crippen LogP contribution in [0.4, 0.5) is 0 Å². The van der Waals surface area contributed by atoms with Crippen LogP contribution in [0.5, 0.6) is 0 Å². The summed E-state index contributed by atoms with van der Waals surface area (Å²) in [5.74, 6) is 0.622. The molecule has 1 fully saturated rings. The van der Waals surface area contributed by atoms with Gasteiger partial charge in [-0.1, -0.05) is 26.7 Å². The van der Waals surface area contributed by atoms with E-state index in [-0.39, 0.29) is 0 Å². The summed E-state index contributed by atoms with van der Waals surface area (Å²) >= 11 is 0. The largest absolute Gasteiger partial charge is 0.378 e. The van der Waals surface area contributed by atoms with E-state index in [1.807, 2.05) is 0 Å². The Labute approximate surface area is 81.8 Å². The molecule has 0 saturated carbocycles. The Balaban J connectivity index is 2.31. The molecule has 1 saturated heterocycles. The van der Waals surface area contributed by atoms with Gasteiger partial charge < -0.3 is 10.5 Å². The second-order valence-corrected chi connectivity index (χ2v) is 4.08. The van der Waals surface area contributed by atoms with E-state index in [0.29, 0.717) is 18.1 Å². The Morgan fingerprint density at radius 3 is 2.85 bits per heavy atom. The zero-order valence-electron chi connectivity index (χ0n) is 8.96. The van der Waals surface area contributed by atoms with Gasteiger partial charge in [0.2, 0.25) is 0 Å². The lowest BCUT2D eigenvalue weighted by atomic mass is 9.89. The first kappa shape index (κ1) is 11.0. The molecule has 2 heteroatoms. The highest BCUT2D eigenvalue weighted by molar-refractivity contribution is 4.83. The predicted molar refractivity (Wildman–Crippen MR) is 55.6 cm³/mol. The molecule has 1 rings (SSSR count). The summed E-state index contributed by atoms with van der Waals surface area (Å²) in [7, 11) is 0. The minimum absolute atomic E-state index is 0.368. The molecule has 0 spiro atoms. The lowest BCUT2D eigenvalue weighted by Crippen LogP contribution is -2.35. The second kappa shape index (κ2) is 5.61. The fourth-order valence-electron chi connectivity index (χ4n) is 2.23. The van der Waals surface area contributed by atoms with Crippen LogP contribution >= 0.6 is 0 Å².